The lowest BCUT2D eigenvalue weighted by Crippen LogP contribution is -2.47. The Morgan fingerprint density at radius 3 is 2.59 bits per heavy atom. The molecular weight excluding hydrogens is 408 g/mol. The van der Waals surface area contributed by atoms with Gasteiger partial charge in [0.05, 0.1) is 26.9 Å². The van der Waals surface area contributed by atoms with Gasteiger partial charge < -0.3 is 29.2 Å². The van der Waals surface area contributed by atoms with E-state index in [1.807, 2.05) is 18.2 Å². The van der Waals surface area contributed by atoms with E-state index >= 15 is 0 Å². The van der Waals surface area contributed by atoms with Crippen molar-refractivity contribution in [2.45, 2.75) is 18.3 Å². The number of amides is 1. The smallest absolute Gasteiger partial charge is 0.407 e. The quantitative estimate of drug-likeness (QED) is 0.671. The van der Waals surface area contributed by atoms with Gasteiger partial charge in [0.15, 0.2) is 0 Å². The average Bonchev–Trinajstić information content (AvgIpc) is 3.54. The van der Waals surface area contributed by atoms with Crippen LogP contribution in [0, 0.1) is 11.8 Å². The molecule has 0 saturated carbocycles. The van der Waals surface area contributed by atoms with E-state index < -0.39 is 11.7 Å². The van der Waals surface area contributed by atoms with Crippen LogP contribution >= 0.6 is 0 Å². The van der Waals surface area contributed by atoms with E-state index in [0.717, 1.165) is 18.7 Å². The number of carbonyl (C=O) groups is 1. The monoisotopic (exact) mass is 436 g/mol. The number of benzene rings is 2. The van der Waals surface area contributed by atoms with E-state index in [4.69, 9.17) is 18.9 Å². The minimum absolute atomic E-state index is 0.107. The lowest BCUT2D eigenvalue weighted by molar-refractivity contribution is 0.0111. The van der Waals surface area contributed by atoms with Gasteiger partial charge in [-0.15, -0.1) is 0 Å². The number of fused-ring (bicyclic) bond motifs is 5. The number of hydrogen-bond acceptors (Lipinski definition) is 6. The van der Waals surface area contributed by atoms with Crippen LogP contribution in [0.3, 0.4) is 0 Å². The molecule has 2 aromatic carbocycles. The van der Waals surface area contributed by atoms with Crippen molar-refractivity contribution in [3.63, 3.8) is 0 Å². The zero-order chi connectivity index (χ0) is 22.1. The minimum Gasteiger partial charge on any atom is -0.497 e. The maximum atomic E-state index is 12.4. The van der Waals surface area contributed by atoms with Crippen molar-refractivity contribution in [3.05, 3.63) is 66.2 Å². The standard InChI is InChI=1S/C25H28N2O5/c1-29-19-10-17(11-20(12-19)30-2)15-31-24(28)26-16-25-9-8-23(32-25)21-13-27(14-22(21)25)18-6-4-3-5-7-18/h3-12,21-23H,13-16H2,1-2H3,(H,26,28). The zero-order valence-corrected chi connectivity index (χ0v) is 18.3. The van der Waals surface area contributed by atoms with Gasteiger partial charge in [-0.1, -0.05) is 30.4 Å². The Bertz CT molecular complexity index is 988. The van der Waals surface area contributed by atoms with Crippen LogP contribution < -0.4 is 19.7 Å². The Balaban J connectivity index is 1.19. The Morgan fingerprint density at radius 2 is 1.88 bits per heavy atom. The predicted octanol–water partition coefficient (Wildman–Crippen LogP) is 3.39. The Hall–Kier alpha value is -3.19. The van der Waals surface area contributed by atoms with Gasteiger partial charge in [0.2, 0.25) is 0 Å². The van der Waals surface area contributed by atoms with Gasteiger partial charge in [0, 0.05) is 36.7 Å². The first-order chi connectivity index (χ1) is 15.6. The predicted molar refractivity (Wildman–Crippen MR) is 120 cm³/mol. The van der Waals surface area contributed by atoms with Gasteiger partial charge in [0.25, 0.3) is 0 Å². The number of para-hydroxylation sites is 1. The second-order valence-electron chi connectivity index (χ2n) is 8.56. The van der Waals surface area contributed by atoms with Crippen LogP contribution in [-0.2, 0) is 16.1 Å². The van der Waals surface area contributed by atoms with Crippen LogP contribution in [0.1, 0.15) is 5.56 Å². The van der Waals surface area contributed by atoms with Crippen LogP contribution in [0.25, 0.3) is 0 Å². The van der Waals surface area contributed by atoms with Gasteiger partial charge >= 0.3 is 6.09 Å². The topological polar surface area (TPSA) is 69.3 Å². The van der Waals surface area contributed by atoms with Gasteiger partial charge in [-0.25, -0.2) is 4.79 Å². The molecule has 2 fully saturated rings. The number of nitrogens with zero attached hydrogens (tertiary/aromatic N) is 1. The van der Waals surface area contributed by atoms with Crippen molar-refractivity contribution in [2.75, 3.05) is 38.8 Å². The maximum absolute atomic E-state index is 12.4. The summed E-state index contributed by atoms with van der Waals surface area (Å²) >= 11 is 0. The first kappa shape index (κ1) is 20.7. The van der Waals surface area contributed by atoms with Crippen molar-refractivity contribution < 1.29 is 23.7 Å². The van der Waals surface area contributed by atoms with Gasteiger partial charge in [-0.2, -0.15) is 0 Å². The summed E-state index contributed by atoms with van der Waals surface area (Å²) in [6, 6.07) is 15.9. The molecule has 0 spiro atoms. The average molecular weight is 437 g/mol. The van der Waals surface area contributed by atoms with E-state index in [-0.39, 0.29) is 12.7 Å². The second-order valence-corrected chi connectivity index (χ2v) is 8.56. The summed E-state index contributed by atoms with van der Waals surface area (Å²) < 4.78 is 22.3. The molecular formula is C25H28N2O5. The molecule has 3 aliphatic heterocycles. The molecule has 0 radical (unpaired) electrons. The summed E-state index contributed by atoms with van der Waals surface area (Å²) in [4.78, 5) is 14.9. The molecule has 2 saturated heterocycles. The van der Waals surface area contributed by atoms with Gasteiger partial charge in [-0.05, 0) is 29.8 Å². The van der Waals surface area contributed by atoms with Crippen LogP contribution in [0.15, 0.2) is 60.7 Å². The Morgan fingerprint density at radius 1 is 1.12 bits per heavy atom. The highest BCUT2D eigenvalue weighted by Gasteiger charge is 2.59. The summed E-state index contributed by atoms with van der Waals surface area (Å²) in [6.07, 6.45) is 3.91. The third-order valence-electron chi connectivity index (χ3n) is 6.75. The molecule has 0 aromatic heterocycles. The Labute approximate surface area is 187 Å². The molecule has 2 bridgehead atoms. The number of anilines is 1. The summed E-state index contributed by atoms with van der Waals surface area (Å²) in [5.41, 5.74) is 1.55. The normalized spacial score (nSPS) is 27.3. The number of carbonyl (C=O) groups excluding carboxylic acids is 1. The summed E-state index contributed by atoms with van der Waals surface area (Å²) in [6.45, 7) is 2.40. The molecule has 7 nitrogen and oxygen atoms in total. The van der Waals surface area contributed by atoms with Crippen LogP contribution in [0.2, 0.25) is 0 Å². The van der Waals surface area contributed by atoms with Crippen LogP contribution in [-0.4, -0.2) is 51.7 Å². The first-order valence-corrected chi connectivity index (χ1v) is 10.9. The SMILES string of the molecule is COc1cc(COC(=O)NCC23C=CC(O2)C2CN(c4ccccc4)CC23)cc(OC)c1. The minimum atomic E-state index is -0.475. The summed E-state index contributed by atoms with van der Waals surface area (Å²) in [5.74, 6) is 2.07. The summed E-state index contributed by atoms with van der Waals surface area (Å²) in [5, 5.41) is 2.92. The lowest BCUT2D eigenvalue weighted by Gasteiger charge is -2.30. The molecule has 3 heterocycles. The molecule has 1 N–H and O–H groups in total. The number of methoxy groups -OCH3 is 2. The van der Waals surface area contributed by atoms with Crippen molar-refractivity contribution in [1.82, 2.24) is 5.32 Å². The van der Waals surface area contributed by atoms with Gasteiger partial charge in [0.1, 0.15) is 23.7 Å². The largest absolute Gasteiger partial charge is 0.497 e. The molecule has 0 aliphatic carbocycles. The fourth-order valence-electron chi connectivity index (χ4n) is 5.15. The van der Waals surface area contributed by atoms with E-state index in [0.29, 0.717) is 29.9 Å². The van der Waals surface area contributed by atoms with E-state index in [9.17, 15) is 4.79 Å². The van der Waals surface area contributed by atoms with E-state index in [2.05, 4.69) is 46.6 Å². The fourth-order valence-corrected chi connectivity index (χ4v) is 5.15. The highest BCUT2D eigenvalue weighted by Crippen LogP contribution is 2.51. The molecule has 1 amide bonds. The molecule has 7 heteroatoms. The number of rotatable bonds is 7. The van der Waals surface area contributed by atoms with Crippen LogP contribution in [0.5, 0.6) is 11.5 Å². The molecule has 4 atom stereocenters. The van der Waals surface area contributed by atoms with Crippen molar-refractivity contribution >= 4 is 11.8 Å². The van der Waals surface area contributed by atoms with E-state index in [1.165, 1.54) is 5.69 Å². The Kier molecular flexibility index (Phi) is 5.43. The maximum Gasteiger partial charge on any atom is 0.407 e. The van der Waals surface area contributed by atoms with Crippen molar-refractivity contribution in [2.24, 2.45) is 11.8 Å². The molecule has 3 aliphatic rings. The fraction of sp³-hybridized carbons (Fsp3) is 0.400. The molecule has 168 valence electrons. The lowest BCUT2D eigenvalue weighted by atomic mass is 9.77. The number of nitrogens with one attached hydrogen (secondary N) is 1. The highest BCUT2D eigenvalue weighted by atomic mass is 16.6. The second kappa shape index (κ2) is 8.39. The third kappa shape index (κ3) is 3.77. The number of alkyl carbamates (subject to hydrolysis) is 1. The first-order valence-electron chi connectivity index (χ1n) is 10.9. The molecule has 2 aromatic rings. The van der Waals surface area contributed by atoms with Crippen molar-refractivity contribution in [1.29, 1.82) is 0 Å². The zero-order valence-electron chi connectivity index (χ0n) is 18.3. The molecule has 5 rings (SSSR count). The van der Waals surface area contributed by atoms with Gasteiger partial charge in [-0.3, -0.25) is 0 Å². The van der Waals surface area contributed by atoms with E-state index in [1.54, 1.807) is 20.3 Å². The summed E-state index contributed by atoms with van der Waals surface area (Å²) in [7, 11) is 3.18. The van der Waals surface area contributed by atoms with Crippen molar-refractivity contribution in [3.8, 4) is 11.5 Å². The third-order valence-corrected chi connectivity index (χ3v) is 6.75. The molecule has 4 unspecified atom stereocenters. The molecule has 32 heavy (non-hydrogen) atoms. The highest BCUT2D eigenvalue weighted by molar-refractivity contribution is 5.67. The van der Waals surface area contributed by atoms with Crippen LogP contribution in [0.4, 0.5) is 10.5 Å². The number of ether oxygens (including phenoxy) is 4. The number of hydrogen-bond donors (Lipinski definition) is 1.